The van der Waals surface area contributed by atoms with Crippen LogP contribution in [0.25, 0.3) is 0 Å². The van der Waals surface area contributed by atoms with Crippen molar-refractivity contribution in [2.45, 2.75) is 11.3 Å². The second-order valence-electron chi connectivity index (χ2n) is 5.05. The van der Waals surface area contributed by atoms with Gasteiger partial charge in [-0.2, -0.15) is 9.97 Å². The van der Waals surface area contributed by atoms with Crippen LogP contribution in [0.5, 0.6) is 12.0 Å². The standard InChI is InChI=1S/C15H17N5O7S/c1-25-11(21)8-9-6-4-5-7-10(9)28(23,24)20-13(22)16-12-17-14(26-2)19-15(18-12)27-3/h4-7H,8H2,1-3H3,(H2,16,17,18,19,20,22). The number of nitrogens with one attached hydrogen (secondary N) is 2. The highest BCUT2D eigenvalue weighted by Crippen LogP contribution is 2.17. The Morgan fingerprint density at radius 1 is 1.00 bits per heavy atom. The number of urea groups is 1. The van der Waals surface area contributed by atoms with Gasteiger partial charge in [0.05, 0.1) is 32.6 Å². The van der Waals surface area contributed by atoms with Crippen LogP contribution < -0.4 is 19.5 Å². The lowest BCUT2D eigenvalue weighted by Gasteiger charge is -2.11. The van der Waals surface area contributed by atoms with Crippen LogP contribution in [-0.4, -0.2) is 56.7 Å². The minimum absolute atomic E-state index is 0.145. The number of rotatable bonds is 7. The molecule has 0 saturated heterocycles. The summed E-state index contributed by atoms with van der Waals surface area (Å²) in [4.78, 5) is 34.6. The topological polar surface area (TPSA) is 159 Å². The van der Waals surface area contributed by atoms with Crippen molar-refractivity contribution in [3.63, 3.8) is 0 Å². The summed E-state index contributed by atoms with van der Waals surface area (Å²) in [5.74, 6) is -0.921. The van der Waals surface area contributed by atoms with E-state index in [1.807, 2.05) is 4.72 Å². The molecule has 2 amide bonds. The summed E-state index contributed by atoms with van der Waals surface area (Å²) in [5, 5.41) is 2.15. The molecule has 2 aromatic rings. The Morgan fingerprint density at radius 3 is 2.18 bits per heavy atom. The van der Waals surface area contributed by atoms with Gasteiger partial charge in [-0.25, -0.2) is 17.9 Å². The third-order valence-corrected chi connectivity index (χ3v) is 4.67. The van der Waals surface area contributed by atoms with E-state index in [0.717, 1.165) is 0 Å². The maximum Gasteiger partial charge on any atom is 0.335 e. The first-order valence-electron chi connectivity index (χ1n) is 7.61. The molecule has 0 unspecified atom stereocenters. The number of methoxy groups -OCH3 is 3. The lowest BCUT2D eigenvalue weighted by molar-refractivity contribution is -0.139. The zero-order valence-corrected chi connectivity index (χ0v) is 15.9. The number of sulfonamides is 1. The van der Waals surface area contributed by atoms with Crippen LogP contribution in [0.3, 0.4) is 0 Å². The second-order valence-corrected chi connectivity index (χ2v) is 6.70. The quantitative estimate of drug-likeness (QED) is 0.599. The number of amides is 2. The minimum Gasteiger partial charge on any atom is -0.469 e. The maximum atomic E-state index is 12.5. The van der Waals surface area contributed by atoms with Crippen molar-refractivity contribution in [3.05, 3.63) is 29.8 Å². The Balaban J connectivity index is 2.21. The molecule has 1 aromatic carbocycles. The number of ether oxygens (including phenoxy) is 3. The number of anilines is 1. The van der Waals surface area contributed by atoms with E-state index < -0.39 is 22.0 Å². The molecule has 150 valence electrons. The molecule has 28 heavy (non-hydrogen) atoms. The highest BCUT2D eigenvalue weighted by molar-refractivity contribution is 7.90. The Kier molecular flexibility index (Phi) is 6.65. The van der Waals surface area contributed by atoms with Gasteiger partial charge in [-0.15, -0.1) is 4.98 Å². The first-order chi connectivity index (χ1) is 13.3. The van der Waals surface area contributed by atoms with E-state index in [-0.39, 0.29) is 34.8 Å². The molecule has 0 spiro atoms. The maximum absolute atomic E-state index is 12.5. The number of aromatic nitrogens is 3. The van der Waals surface area contributed by atoms with E-state index in [0.29, 0.717) is 0 Å². The third-order valence-electron chi connectivity index (χ3n) is 3.24. The first kappa shape index (κ1) is 20.8. The summed E-state index contributed by atoms with van der Waals surface area (Å²) in [6, 6.07) is 4.27. The number of nitrogens with zero attached hydrogens (tertiary/aromatic N) is 3. The summed E-state index contributed by atoms with van der Waals surface area (Å²) >= 11 is 0. The molecule has 0 saturated carbocycles. The van der Waals surface area contributed by atoms with E-state index in [1.54, 1.807) is 6.07 Å². The molecule has 0 bridgehead atoms. The summed E-state index contributed by atoms with van der Waals surface area (Å²) in [6.07, 6.45) is -0.281. The van der Waals surface area contributed by atoms with Crippen LogP contribution in [0.4, 0.5) is 10.7 Å². The van der Waals surface area contributed by atoms with Crippen molar-refractivity contribution < 1.29 is 32.2 Å². The lowest BCUT2D eigenvalue weighted by atomic mass is 10.1. The Hall–Kier alpha value is -3.48. The Bertz CT molecular complexity index is 958. The zero-order chi connectivity index (χ0) is 20.7. The fraction of sp³-hybridized carbons (Fsp3) is 0.267. The Morgan fingerprint density at radius 2 is 1.61 bits per heavy atom. The number of hydrogen-bond donors (Lipinski definition) is 2. The highest BCUT2D eigenvalue weighted by Gasteiger charge is 2.23. The second kappa shape index (κ2) is 8.94. The normalized spacial score (nSPS) is 10.7. The summed E-state index contributed by atoms with van der Waals surface area (Å²) in [7, 11) is -0.530. The molecule has 12 nitrogen and oxygen atoms in total. The molecule has 1 aromatic heterocycles. The zero-order valence-electron chi connectivity index (χ0n) is 15.1. The summed E-state index contributed by atoms with van der Waals surface area (Å²) in [6.45, 7) is 0. The van der Waals surface area contributed by atoms with Crippen molar-refractivity contribution in [1.82, 2.24) is 19.7 Å². The summed E-state index contributed by atoms with van der Waals surface area (Å²) < 4.78 is 41.1. The number of hydrogen-bond acceptors (Lipinski definition) is 10. The van der Waals surface area contributed by atoms with Gasteiger partial charge in [-0.3, -0.25) is 10.1 Å². The number of esters is 1. The van der Waals surface area contributed by atoms with Crippen molar-refractivity contribution in [2.24, 2.45) is 0 Å². The SMILES string of the molecule is COC(=O)Cc1ccccc1S(=O)(=O)NC(=O)Nc1nc(OC)nc(OC)n1. The van der Waals surface area contributed by atoms with Crippen molar-refractivity contribution in [2.75, 3.05) is 26.6 Å². The molecule has 0 aliphatic rings. The van der Waals surface area contributed by atoms with Gasteiger partial charge in [0.15, 0.2) is 0 Å². The van der Waals surface area contributed by atoms with Crippen LogP contribution in [0.1, 0.15) is 5.56 Å². The van der Waals surface area contributed by atoms with E-state index in [4.69, 9.17) is 9.47 Å². The molecule has 0 atom stereocenters. The molecular formula is C15H17N5O7S. The van der Waals surface area contributed by atoms with Crippen LogP contribution in [0, 0.1) is 0 Å². The van der Waals surface area contributed by atoms with E-state index in [9.17, 15) is 18.0 Å². The van der Waals surface area contributed by atoms with E-state index >= 15 is 0 Å². The molecule has 0 aliphatic carbocycles. The number of carbonyl (C=O) groups is 2. The predicted octanol–water partition coefficient (Wildman–Crippen LogP) is 0.115. The Labute approximate surface area is 160 Å². The molecule has 13 heteroatoms. The van der Waals surface area contributed by atoms with Gasteiger partial charge in [0.1, 0.15) is 0 Å². The minimum atomic E-state index is -4.30. The molecule has 2 rings (SSSR count). The molecule has 0 fully saturated rings. The van der Waals surface area contributed by atoms with Gasteiger partial charge in [-0.1, -0.05) is 18.2 Å². The molecule has 2 N–H and O–H groups in total. The van der Waals surface area contributed by atoms with Gasteiger partial charge < -0.3 is 14.2 Å². The van der Waals surface area contributed by atoms with Gasteiger partial charge in [0, 0.05) is 0 Å². The van der Waals surface area contributed by atoms with Crippen LogP contribution in [0.15, 0.2) is 29.2 Å². The van der Waals surface area contributed by atoms with Crippen LogP contribution in [0.2, 0.25) is 0 Å². The molecule has 1 heterocycles. The lowest BCUT2D eigenvalue weighted by Crippen LogP contribution is -2.35. The van der Waals surface area contributed by atoms with Crippen molar-refractivity contribution in [3.8, 4) is 12.0 Å². The van der Waals surface area contributed by atoms with E-state index in [1.165, 1.54) is 39.5 Å². The molecule has 0 aliphatic heterocycles. The third kappa shape index (κ3) is 5.26. The van der Waals surface area contributed by atoms with Gasteiger partial charge in [-0.05, 0) is 11.6 Å². The van der Waals surface area contributed by atoms with Gasteiger partial charge in [0.2, 0.25) is 5.95 Å². The predicted molar refractivity (Wildman–Crippen MR) is 94.4 cm³/mol. The van der Waals surface area contributed by atoms with E-state index in [2.05, 4.69) is 25.0 Å². The van der Waals surface area contributed by atoms with Crippen LogP contribution >= 0.6 is 0 Å². The van der Waals surface area contributed by atoms with Gasteiger partial charge in [0.25, 0.3) is 10.0 Å². The fourth-order valence-electron chi connectivity index (χ4n) is 2.02. The number of benzene rings is 1. The smallest absolute Gasteiger partial charge is 0.335 e. The first-order valence-corrected chi connectivity index (χ1v) is 9.10. The van der Waals surface area contributed by atoms with Gasteiger partial charge >= 0.3 is 24.0 Å². The largest absolute Gasteiger partial charge is 0.469 e. The van der Waals surface area contributed by atoms with Crippen molar-refractivity contribution >= 4 is 28.0 Å². The van der Waals surface area contributed by atoms with Crippen LogP contribution in [-0.2, 0) is 26.0 Å². The number of carbonyl (C=O) groups excluding carboxylic acids is 2. The molecule has 0 radical (unpaired) electrons. The molecular weight excluding hydrogens is 394 g/mol. The monoisotopic (exact) mass is 411 g/mol. The average Bonchev–Trinajstić information content (AvgIpc) is 2.67. The average molecular weight is 411 g/mol. The van der Waals surface area contributed by atoms with Crippen molar-refractivity contribution in [1.29, 1.82) is 0 Å². The summed E-state index contributed by atoms with van der Waals surface area (Å²) in [5.41, 5.74) is 0.165. The fourth-order valence-corrected chi connectivity index (χ4v) is 3.17. The highest BCUT2D eigenvalue weighted by atomic mass is 32.2.